The Hall–Kier alpha value is -4.05. The molecule has 7 nitrogen and oxygen atoms in total. The minimum atomic E-state index is -0.568. The van der Waals surface area contributed by atoms with Crippen LogP contribution in [0.5, 0.6) is 11.5 Å². The lowest BCUT2D eigenvalue weighted by Gasteiger charge is -2.35. The number of carbonyl (C=O) groups is 2. The number of benzene rings is 2. The van der Waals surface area contributed by atoms with Crippen LogP contribution in [0.4, 0.5) is 0 Å². The van der Waals surface area contributed by atoms with Gasteiger partial charge in [-0.15, -0.1) is 0 Å². The third-order valence-electron chi connectivity index (χ3n) is 5.58. The molecule has 0 aliphatic carbocycles. The quantitative estimate of drug-likeness (QED) is 0.448. The Kier molecular flexibility index (Phi) is 7.52. The van der Waals surface area contributed by atoms with Gasteiger partial charge in [0.15, 0.2) is 0 Å². The minimum absolute atomic E-state index is 0.0513. The first-order chi connectivity index (χ1) is 15.9. The van der Waals surface area contributed by atoms with E-state index in [1.165, 1.54) is 13.2 Å². The Morgan fingerprint density at radius 3 is 2.70 bits per heavy atom. The van der Waals surface area contributed by atoms with Crippen LogP contribution in [0.25, 0.3) is 0 Å². The molecule has 1 amide bonds. The van der Waals surface area contributed by atoms with Crippen molar-refractivity contribution in [3.63, 3.8) is 0 Å². The minimum Gasteiger partial charge on any atom is -0.497 e. The van der Waals surface area contributed by atoms with E-state index in [0.717, 1.165) is 5.56 Å². The highest BCUT2D eigenvalue weighted by atomic mass is 16.5. The molecule has 2 aromatic carbocycles. The number of amides is 1. The molecule has 3 rings (SSSR count). The molecule has 0 N–H and O–H groups in total. The Morgan fingerprint density at radius 2 is 2.03 bits per heavy atom. The summed E-state index contributed by atoms with van der Waals surface area (Å²) in [5.74, 6) is -0.104. The van der Waals surface area contributed by atoms with E-state index < -0.39 is 11.9 Å². The Morgan fingerprint density at radius 1 is 1.24 bits per heavy atom. The van der Waals surface area contributed by atoms with Gasteiger partial charge in [0.05, 0.1) is 38.0 Å². The summed E-state index contributed by atoms with van der Waals surface area (Å²) in [5, 5.41) is 9.19. The third kappa shape index (κ3) is 5.07. The largest absolute Gasteiger partial charge is 0.497 e. The molecule has 33 heavy (non-hydrogen) atoms. The molecule has 2 aromatic rings. The maximum Gasteiger partial charge on any atom is 0.336 e. The molecule has 1 aliphatic heterocycles. The van der Waals surface area contributed by atoms with Crippen LogP contribution in [0.3, 0.4) is 0 Å². The lowest BCUT2D eigenvalue weighted by atomic mass is 9.83. The normalized spacial score (nSPS) is 15.6. The molecule has 1 heterocycles. The molecule has 0 saturated heterocycles. The molecule has 0 radical (unpaired) electrons. The SMILES string of the molecule is C=CCOC(=O)C1=C(C)N(Cc2cccc(C#N)c2)C(=O)CC1c1cc(OC)ccc1OC. The zero-order chi connectivity index (χ0) is 24.0. The number of rotatable bonds is 8. The van der Waals surface area contributed by atoms with Crippen LogP contribution in [0.15, 0.2) is 66.4 Å². The number of methoxy groups -OCH3 is 2. The number of carbonyl (C=O) groups excluding carboxylic acids is 2. The van der Waals surface area contributed by atoms with E-state index in [-0.39, 0.29) is 25.5 Å². The van der Waals surface area contributed by atoms with Crippen LogP contribution in [0, 0.1) is 11.3 Å². The molecule has 1 unspecified atom stereocenters. The van der Waals surface area contributed by atoms with E-state index in [4.69, 9.17) is 14.2 Å². The molecule has 170 valence electrons. The van der Waals surface area contributed by atoms with E-state index in [2.05, 4.69) is 12.6 Å². The molecule has 1 atom stereocenters. The highest BCUT2D eigenvalue weighted by molar-refractivity contribution is 5.96. The number of hydrogen-bond acceptors (Lipinski definition) is 6. The van der Waals surface area contributed by atoms with Crippen molar-refractivity contribution in [3.8, 4) is 17.6 Å². The van der Waals surface area contributed by atoms with Crippen molar-refractivity contribution in [2.24, 2.45) is 0 Å². The van der Waals surface area contributed by atoms with Gasteiger partial charge < -0.3 is 19.1 Å². The van der Waals surface area contributed by atoms with E-state index in [1.54, 1.807) is 55.3 Å². The third-order valence-corrected chi connectivity index (χ3v) is 5.58. The number of nitriles is 1. The smallest absolute Gasteiger partial charge is 0.336 e. The number of esters is 1. The first kappa shape index (κ1) is 23.6. The van der Waals surface area contributed by atoms with Gasteiger partial charge in [-0.2, -0.15) is 5.26 Å². The second kappa shape index (κ2) is 10.5. The average Bonchev–Trinajstić information content (AvgIpc) is 2.84. The van der Waals surface area contributed by atoms with Gasteiger partial charge in [0.1, 0.15) is 18.1 Å². The van der Waals surface area contributed by atoms with Gasteiger partial charge in [0.25, 0.3) is 0 Å². The van der Waals surface area contributed by atoms with Crippen molar-refractivity contribution in [1.29, 1.82) is 5.26 Å². The summed E-state index contributed by atoms with van der Waals surface area (Å²) in [4.78, 5) is 28.0. The number of allylic oxidation sites excluding steroid dienone is 1. The molecular formula is C26H26N2O5. The summed E-state index contributed by atoms with van der Waals surface area (Å²) >= 11 is 0. The average molecular weight is 447 g/mol. The summed E-state index contributed by atoms with van der Waals surface area (Å²) in [6, 6.07) is 14.4. The fourth-order valence-corrected chi connectivity index (χ4v) is 3.98. The highest BCUT2D eigenvalue weighted by Gasteiger charge is 2.38. The molecule has 7 heteroatoms. The van der Waals surface area contributed by atoms with Gasteiger partial charge in [0.2, 0.25) is 5.91 Å². The van der Waals surface area contributed by atoms with Crippen molar-refractivity contribution in [3.05, 3.63) is 83.1 Å². The van der Waals surface area contributed by atoms with Crippen LogP contribution in [0.2, 0.25) is 0 Å². The highest BCUT2D eigenvalue weighted by Crippen LogP contribution is 2.42. The van der Waals surface area contributed by atoms with Crippen molar-refractivity contribution in [2.75, 3.05) is 20.8 Å². The van der Waals surface area contributed by atoms with Crippen molar-refractivity contribution >= 4 is 11.9 Å². The first-order valence-corrected chi connectivity index (χ1v) is 10.4. The van der Waals surface area contributed by atoms with Crippen LogP contribution >= 0.6 is 0 Å². The Bertz CT molecular complexity index is 1150. The molecule has 0 fully saturated rings. The van der Waals surface area contributed by atoms with E-state index in [0.29, 0.717) is 33.9 Å². The van der Waals surface area contributed by atoms with Crippen molar-refractivity contribution in [2.45, 2.75) is 25.8 Å². The van der Waals surface area contributed by atoms with Crippen LogP contribution < -0.4 is 9.47 Å². The fourth-order valence-electron chi connectivity index (χ4n) is 3.98. The van der Waals surface area contributed by atoms with E-state index in [9.17, 15) is 14.9 Å². The van der Waals surface area contributed by atoms with Crippen LogP contribution in [0.1, 0.15) is 36.0 Å². The van der Waals surface area contributed by atoms with Gasteiger partial charge in [-0.1, -0.05) is 24.8 Å². The molecular weight excluding hydrogens is 420 g/mol. The van der Waals surface area contributed by atoms with Crippen LogP contribution in [-0.4, -0.2) is 37.6 Å². The molecule has 0 saturated carbocycles. The van der Waals surface area contributed by atoms with E-state index >= 15 is 0 Å². The topological polar surface area (TPSA) is 88.9 Å². The summed E-state index contributed by atoms with van der Waals surface area (Å²) in [6.45, 7) is 5.62. The van der Waals surface area contributed by atoms with Gasteiger partial charge in [-0.05, 0) is 42.8 Å². The van der Waals surface area contributed by atoms with Gasteiger partial charge in [-0.25, -0.2) is 4.79 Å². The summed E-state index contributed by atoms with van der Waals surface area (Å²) in [6.07, 6.45) is 1.55. The van der Waals surface area contributed by atoms with Gasteiger partial charge in [0, 0.05) is 23.6 Å². The number of nitrogens with zero attached hydrogens (tertiary/aromatic N) is 2. The number of ether oxygens (including phenoxy) is 3. The molecule has 0 aromatic heterocycles. The van der Waals surface area contributed by atoms with Crippen molar-refractivity contribution in [1.82, 2.24) is 4.90 Å². The van der Waals surface area contributed by atoms with E-state index in [1.807, 2.05) is 6.07 Å². The zero-order valence-corrected chi connectivity index (χ0v) is 19.0. The second-order valence-corrected chi connectivity index (χ2v) is 7.54. The lowest BCUT2D eigenvalue weighted by molar-refractivity contribution is -0.139. The summed E-state index contributed by atoms with van der Waals surface area (Å²) < 4.78 is 16.3. The zero-order valence-electron chi connectivity index (χ0n) is 19.0. The lowest BCUT2D eigenvalue weighted by Crippen LogP contribution is -2.38. The second-order valence-electron chi connectivity index (χ2n) is 7.54. The Labute approximate surface area is 193 Å². The Balaban J connectivity index is 2.10. The van der Waals surface area contributed by atoms with Crippen molar-refractivity contribution < 1.29 is 23.8 Å². The monoisotopic (exact) mass is 446 g/mol. The maximum absolute atomic E-state index is 13.3. The van der Waals surface area contributed by atoms with Crippen LogP contribution in [-0.2, 0) is 20.9 Å². The predicted molar refractivity (Wildman–Crippen MR) is 122 cm³/mol. The van der Waals surface area contributed by atoms with Gasteiger partial charge >= 0.3 is 5.97 Å². The maximum atomic E-state index is 13.3. The summed E-state index contributed by atoms with van der Waals surface area (Å²) in [5.41, 5.74) is 2.83. The summed E-state index contributed by atoms with van der Waals surface area (Å²) in [7, 11) is 3.09. The first-order valence-electron chi connectivity index (χ1n) is 10.4. The molecule has 0 spiro atoms. The standard InChI is InChI=1S/C26H26N2O5/c1-5-11-33-26(30)25-17(2)28(16-19-8-6-7-18(12-19)15-27)24(29)14-22(25)21-13-20(31-3)9-10-23(21)32-4/h5-10,12-13,22H,1,11,14,16H2,2-4H3. The number of hydrogen-bond donors (Lipinski definition) is 0. The van der Waals surface area contributed by atoms with Gasteiger partial charge in [-0.3, -0.25) is 4.79 Å². The molecule has 1 aliphatic rings. The molecule has 0 bridgehead atoms. The predicted octanol–water partition coefficient (Wildman–Crippen LogP) is 4.09. The fraction of sp³-hybridized carbons (Fsp3) is 0.269.